The number of carbonyl (C=O) groups excluding carboxylic acids is 1. The highest BCUT2D eigenvalue weighted by Crippen LogP contribution is 2.44. The summed E-state index contributed by atoms with van der Waals surface area (Å²) >= 11 is 0. The quantitative estimate of drug-likeness (QED) is 0.828. The van der Waals surface area contributed by atoms with Crippen LogP contribution in [0.15, 0.2) is 10.7 Å². The fourth-order valence-electron chi connectivity index (χ4n) is 3.18. The zero-order chi connectivity index (χ0) is 11.1. The number of rotatable bonds is 2. The third-order valence-electron chi connectivity index (χ3n) is 4.05. The molecule has 0 radical (unpaired) electrons. The van der Waals surface area contributed by atoms with E-state index in [1.807, 2.05) is 0 Å². The second-order valence-corrected chi connectivity index (χ2v) is 5.05. The van der Waals surface area contributed by atoms with Crippen LogP contribution in [-0.2, 0) is 0 Å². The van der Waals surface area contributed by atoms with Gasteiger partial charge in [0.2, 0.25) is 0 Å². The molecule has 3 rings (SSSR count). The van der Waals surface area contributed by atoms with Gasteiger partial charge in [0.1, 0.15) is 11.3 Å². The first-order valence-corrected chi connectivity index (χ1v) is 5.96. The summed E-state index contributed by atoms with van der Waals surface area (Å²) in [5.74, 6) is 2.12. The van der Waals surface area contributed by atoms with Crippen molar-refractivity contribution in [1.82, 2.24) is 10.5 Å². The van der Waals surface area contributed by atoms with Gasteiger partial charge in [0.25, 0.3) is 5.91 Å². The van der Waals surface area contributed by atoms with Crippen LogP contribution >= 0.6 is 0 Å². The largest absolute Gasteiger partial charge is 0.361 e. The molecule has 1 heterocycles. The van der Waals surface area contributed by atoms with E-state index in [1.54, 1.807) is 6.92 Å². The summed E-state index contributed by atoms with van der Waals surface area (Å²) in [6, 6.07) is 0.376. The van der Waals surface area contributed by atoms with Gasteiger partial charge in [0.05, 0.1) is 6.20 Å². The average molecular weight is 220 g/mol. The average Bonchev–Trinajstić information content (AvgIpc) is 2.92. The molecule has 16 heavy (non-hydrogen) atoms. The van der Waals surface area contributed by atoms with Crippen LogP contribution in [0.25, 0.3) is 0 Å². The van der Waals surface area contributed by atoms with Crippen molar-refractivity contribution in [2.75, 3.05) is 0 Å². The Bertz CT molecular complexity index is 413. The van der Waals surface area contributed by atoms with Gasteiger partial charge in [-0.05, 0) is 38.0 Å². The van der Waals surface area contributed by atoms with E-state index in [-0.39, 0.29) is 5.91 Å². The molecule has 86 valence electrons. The molecule has 0 aliphatic heterocycles. The molecule has 3 atom stereocenters. The second-order valence-electron chi connectivity index (χ2n) is 5.05. The molecule has 2 aliphatic carbocycles. The molecule has 2 aliphatic rings. The van der Waals surface area contributed by atoms with E-state index in [4.69, 9.17) is 4.52 Å². The van der Waals surface area contributed by atoms with Crippen LogP contribution in [0.2, 0.25) is 0 Å². The predicted octanol–water partition coefficient (Wildman–Crippen LogP) is 1.90. The van der Waals surface area contributed by atoms with Gasteiger partial charge < -0.3 is 9.84 Å². The van der Waals surface area contributed by atoms with Crippen molar-refractivity contribution in [3.8, 4) is 0 Å². The van der Waals surface area contributed by atoms with Gasteiger partial charge in [-0.3, -0.25) is 4.79 Å². The lowest BCUT2D eigenvalue weighted by molar-refractivity contribution is 0.0921. The first-order chi connectivity index (χ1) is 7.74. The zero-order valence-corrected chi connectivity index (χ0v) is 9.40. The number of aryl methyl sites for hydroxylation is 1. The van der Waals surface area contributed by atoms with E-state index in [2.05, 4.69) is 10.5 Å². The Morgan fingerprint density at radius 3 is 2.94 bits per heavy atom. The molecular formula is C12H16N2O2. The highest BCUT2D eigenvalue weighted by molar-refractivity contribution is 5.94. The SMILES string of the molecule is Cc1oncc1C(=O)NC1CC2CCC1C2. The van der Waals surface area contributed by atoms with Crippen molar-refractivity contribution in [2.45, 2.75) is 38.6 Å². The fraction of sp³-hybridized carbons (Fsp3) is 0.667. The molecule has 0 saturated heterocycles. The molecule has 2 saturated carbocycles. The number of aromatic nitrogens is 1. The van der Waals surface area contributed by atoms with Crippen molar-refractivity contribution in [3.05, 3.63) is 17.5 Å². The van der Waals surface area contributed by atoms with Crippen molar-refractivity contribution in [1.29, 1.82) is 0 Å². The van der Waals surface area contributed by atoms with Crippen LogP contribution in [0, 0.1) is 18.8 Å². The highest BCUT2D eigenvalue weighted by Gasteiger charge is 2.40. The molecule has 0 spiro atoms. The van der Waals surface area contributed by atoms with Gasteiger partial charge in [-0.15, -0.1) is 0 Å². The molecule has 2 fully saturated rings. The predicted molar refractivity (Wildman–Crippen MR) is 57.9 cm³/mol. The Labute approximate surface area is 94.4 Å². The van der Waals surface area contributed by atoms with Gasteiger partial charge in [0, 0.05) is 6.04 Å². The first-order valence-electron chi connectivity index (χ1n) is 5.96. The smallest absolute Gasteiger partial charge is 0.256 e. The van der Waals surface area contributed by atoms with Crippen molar-refractivity contribution < 1.29 is 9.32 Å². The highest BCUT2D eigenvalue weighted by atomic mass is 16.5. The van der Waals surface area contributed by atoms with Crippen LogP contribution in [0.3, 0.4) is 0 Å². The molecule has 1 N–H and O–H groups in total. The maximum absolute atomic E-state index is 11.9. The van der Waals surface area contributed by atoms with Gasteiger partial charge in [-0.2, -0.15) is 0 Å². The number of fused-ring (bicyclic) bond motifs is 2. The van der Waals surface area contributed by atoms with E-state index < -0.39 is 0 Å². The summed E-state index contributed by atoms with van der Waals surface area (Å²) in [5.41, 5.74) is 0.572. The lowest BCUT2D eigenvalue weighted by Crippen LogP contribution is -2.38. The van der Waals surface area contributed by atoms with Crippen molar-refractivity contribution in [2.24, 2.45) is 11.8 Å². The maximum atomic E-state index is 11.9. The van der Waals surface area contributed by atoms with Crippen LogP contribution in [0.5, 0.6) is 0 Å². The Balaban J connectivity index is 1.67. The van der Waals surface area contributed by atoms with Crippen LogP contribution < -0.4 is 5.32 Å². The number of carbonyl (C=O) groups is 1. The van der Waals surface area contributed by atoms with Crippen molar-refractivity contribution in [3.63, 3.8) is 0 Å². The minimum atomic E-state index is -0.0312. The molecule has 4 heteroatoms. The Morgan fingerprint density at radius 2 is 2.38 bits per heavy atom. The molecule has 4 nitrogen and oxygen atoms in total. The van der Waals surface area contributed by atoms with E-state index in [1.165, 1.54) is 25.5 Å². The van der Waals surface area contributed by atoms with Gasteiger partial charge in [0.15, 0.2) is 0 Å². The molecule has 2 bridgehead atoms. The maximum Gasteiger partial charge on any atom is 0.256 e. The van der Waals surface area contributed by atoms with Gasteiger partial charge in [-0.1, -0.05) is 11.6 Å². The third kappa shape index (κ3) is 1.52. The Hall–Kier alpha value is -1.32. The van der Waals surface area contributed by atoms with Crippen LogP contribution in [0.1, 0.15) is 41.8 Å². The fourth-order valence-corrected chi connectivity index (χ4v) is 3.18. The Morgan fingerprint density at radius 1 is 1.50 bits per heavy atom. The summed E-state index contributed by atoms with van der Waals surface area (Å²) in [4.78, 5) is 11.9. The second kappa shape index (κ2) is 3.61. The lowest BCUT2D eigenvalue weighted by Gasteiger charge is -2.22. The lowest BCUT2D eigenvalue weighted by atomic mass is 9.95. The normalized spacial score (nSPS) is 31.9. The zero-order valence-electron chi connectivity index (χ0n) is 9.40. The molecule has 0 aromatic carbocycles. The van der Waals surface area contributed by atoms with E-state index in [9.17, 15) is 4.79 Å². The number of nitrogens with zero attached hydrogens (tertiary/aromatic N) is 1. The number of hydrogen-bond acceptors (Lipinski definition) is 3. The van der Waals surface area contributed by atoms with E-state index in [0.717, 1.165) is 12.3 Å². The molecule has 1 aromatic rings. The van der Waals surface area contributed by atoms with E-state index in [0.29, 0.717) is 23.3 Å². The summed E-state index contributed by atoms with van der Waals surface area (Å²) < 4.78 is 4.90. The number of amides is 1. The first kappa shape index (κ1) is 9.87. The Kier molecular flexibility index (Phi) is 2.23. The molecule has 1 amide bonds. The van der Waals surface area contributed by atoms with Gasteiger partial charge >= 0.3 is 0 Å². The summed E-state index contributed by atoms with van der Waals surface area (Å²) in [7, 11) is 0. The van der Waals surface area contributed by atoms with Crippen LogP contribution in [0.4, 0.5) is 0 Å². The summed E-state index contributed by atoms with van der Waals surface area (Å²) in [6.07, 6.45) is 6.58. The standard InChI is InChI=1S/C12H16N2O2/c1-7-10(6-13-16-7)12(15)14-11-5-8-2-3-9(11)4-8/h6,8-9,11H,2-5H2,1H3,(H,14,15). The van der Waals surface area contributed by atoms with Crippen molar-refractivity contribution >= 4 is 5.91 Å². The number of nitrogens with one attached hydrogen (secondary N) is 1. The minimum absolute atomic E-state index is 0.0312. The molecule has 3 unspecified atom stereocenters. The van der Waals surface area contributed by atoms with Gasteiger partial charge in [-0.25, -0.2) is 0 Å². The molecule has 1 aromatic heterocycles. The van der Waals surface area contributed by atoms with Crippen LogP contribution in [-0.4, -0.2) is 17.1 Å². The molecular weight excluding hydrogens is 204 g/mol. The number of hydrogen-bond donors (Lipinski definition) is 1. The summed E-state index contributed by atoms with van der Waals surface area (Å²) in [6.45, 7) is 1.77. The monoisotopic (exact) mass is 220 g/mol. The third-order valence-corrected chi connectivity index (χ3v) is 4.05. The topological polar surface area (TPSA) is 55.1 Å². The van der Waals surface area contributed by atoms with E-state index >= 15 is 0 Å². The minimum Gasteiger partial charge on any atom is -0.361 e. The summed E-state index contributed by atoms with van der Waals surface area (Å²) in [5, 5.41) is 6.74.